The first kappa shape index (κ1) is 24.7. The van der Waals surface area contributed by atoms with Crippen LogP contribution < -0.4 is 5.32 Å². The van der Waals surface area contributed by atoms with Gasteiger partial charge in [0.15, 0.2) is 0 Å². The molecule has 4 aliphatic carbocycles. The molecule has 4 aliphatic rings. The molecule has 0 aliphatic heterocycles. The summed E-state index contributed by atoms with van der Waals surface area (Å²) in [5, 5.41) is 4.63. The van der Waals surface area contributed by atoms with Gasteiger partial charge < -0.3 is 10.3 Å². The number of H-pyrrole nitrogens is 1. The number of anilines is 1. The second-order valence-corrected chi connectivity index (χ2v) is 13.8. The first-order chi connectivity index (χ1) is 18.8. The van der Waals surface area contributed by atoms with Crippen molar-refractivity contribution in [2.45, 2.75) is 70.6 Å². The summed E-state index contributed by atoms with van der Waals surface area (Å²) < 4.78 is 0. The average molecular weight is 517 g/mol. The minimum Gasteiger partial charge on any atom is -0.358 e. The predicted molar refractivity (Wildman–Crippen MR) is 160 cm³/mol. The van der Waals surface area contributed by atoms with Gasteiger partial charge in [0.2, 0.25) is 5.91 Å². The predicted octanol–water partition coefficient (Wildman–Crippen LogP) is 8.80. The first-order valence-electron chi connectivity index (χ1n) is 14.9. The van der Waals surface area contributed by atoms with Gasteiger partial charge in [0.05, 0.1) is 5.41 Å². The lowest BCUT2D eigenvalue weighted by Crippen LogP contribution is -2.51. The van der Waals surface area contributed by atoms with Gasteiger partial charge in [0, 0.05) is 33.6 Å². The molecule has 0 radical (unpaired) electrons. The summed E-state index contributed by atoms with van der Waals surface area (Å²) in [5.74, 6) is 2.66. The summed E-state index contributed by atoms with van der Waals surface area (Å²) >= 11 is 0. The van der Waals surface area contributed by atoms with E-state index in [0.717, 1.165) is 42.7 Å². The third-order valence-electron chi connectivity index (χ3n) is 9.94. The van der Waals surface area contributed by atoms with Crippen molar-refractivity contribution in [3.63, 3.8) is 0 Å². The van der Waals surface area contributed by atoms with Crippen LogP contribution in [0.5, 0.6) is 0 Å². The summed E-state index contributed by atoms with van der Waals surface area (Å²) in [6, 6.07) is 28.2. The number of carbonyl (C=O) groups is 1. The molecule has 3 heteroatoms. The number of aromatic nitrogens is 1. The molecule has 3 aromatic carbocycles. The Labute approximate surface area is 232 Å². The Morgan fingerprint density at radius 1 is 0.795 bits per heavy atom. The highest BCUT2D eigenvalue weighted by atomic mass is 16.2. The molecule has 4 saturated carbocycles. The van der Waals surface area contributed by atoms with Crippen molar-refractivity contribution in [1.29, 1.82) is 0 Å². The highest BCUT2D eigenvalue weighted by Crippen LogP contribution is 2.60. The van der Waals surface area contributed by atoms with Gasteiger partial charge in [-0.1, -0.05) is 81.4 Å². The van der Waals surface area contributed by atoms with E-state index in [1.165, 1.54) is 52.5 Å². The maximum absolute atomic E-state index is 13.7. The molecular formula is C36H40N2O. The minimum absolute atomic E-state index is 0.0346. The van der Waals surface area contributed by atoms with Crippen molar-refractivity contribution in [2.24, 2.45) is 23.2 Å². The van der Waals surface area contributed by atoms with Crippen LogP contribution in [0.1, 0.15) is 87.6 Å². The number of rotatable bonds is 5. The van der Waals surface area contributed by atoms with Gasteiger partial charge in [-0.15, -0.1) is 0 Å². The fourth-order valence-corrected chi connectivity index (χ4v) is 8.64. The van der Waals surface area contributed by atoms with Gasteiger partial charge in [0.25, 0.3) is 0 Å². The summed E-state index contributed by atoms with van der Waals surface area (Å²) in [6.07, 6.45) is 7.34. The van der Waals surface area contributed by atoms with Gasteiger partial charge >= 0.3 is 0 Å². The van der Waals surface area contributed by atoms with Gasteiger partial charge in [-0.25, -0.2) is 0 Å². The Balaban J connectivity index is 1.24. The van der Waals surface area contributed by atoms with Crippen LogP contribution in [0.4, 0.5) is 5.69 Å². The van der Waals surface area contributed by atoms with E-state index in [0.29, 0.717) is 0 Å². The topological polar surface area (TPSA) is 44.9 Å². The number of carbonyl (C=O) groups excluding carboxylic acids is 1. The standard InChI is InChI=1S/C36H40N2O/c1-35(2,3)33-32(29-11-7-8-12-30(29)38-33)31(26-9-5-4-6-10-26)27-13-15-28(16-14-27)37-34(39)36-20-23-17-24(21-36)19-25(18-23)22-36/h4-16,23-25,31,38H,17-22H2,1-3H3,(H,37,39)/t23?,24?,25?,31-,36?/m0/s1. The zero-order valence-corrected chi connectivity index (χ0v) is 23.5. The molecule has 1 atom stereocenters. The normalized spacial score (nSPS) is 26.6. The highest BCUT2D eigenvalue weighted by molar-refractivity contribution is 5.95. The van der Waals surface area contributed by atoms with Crippen molar-refractivity contribution < 1.29 is 4.79 Å². The molecule has 8 rings (SSSR count). The maximum atomic E-state index is 13.7. The molecule has 1 aromatic heterocycles. The summed E-state index contributed by atoms with van der Waals surface area (Å²) in [7, 11) is 0. The molecular weight excluding hydrogens is 476 g/mol. The van der Waals surface area contributed by atoms with E-state index in [9.17, 15) is 4.79 Å². The van der Waals surface area contributed by atoms with Crippen molar-refractivity contribution in [3.8, 4) is 0 Å². The Bertz CT molecular complexity index is 1470. The van der Waals surface area contributed by atoms with E-state index in [-0.39, 0.29) is 22.7 Å². The number of nitrogens with one attached hydrogen (secondary N) is 2. The number of hydrogen-bond acceptors (Lipinski definition) is 1. The molecule has 4 aromatic rings. The van der Waals surface area contributed by atoms with Crippen LogP contribution in [0.3, 0.4) is 0 Å². The molecule has 1 amide bonds. The molecule has 4 fully saturated rings. The van der Waals surface area contributed by atoms with Gasteiger partial charge in [-0.05, 0) is 91.2 Å². The Morgan fingerprint density at radius 3 is 1.97 bits per heavy atom. The summed E-state index contributed by atoms with van der Waals surface area (Å²) in [4.78, 5) is 17.4. The van der Waals surface area contributed by atoms with Crippen LogP contribution in [-0.2, 0) is 10.2 Å². The van der Waals surface area contributed by atoms with Crippen LogP contribution in [0.15, 0.2) is 78.9 Å². The summed E-state index contributed by atoms with van der Waals surface area (Å²) in [6.45, 7) is 6.85. The highest BCUT2D eigenvalue weighted by Gasteiger charge is 2.54. The lowest BCUT2D eigenvalue weighted by molar-refractivity contribution is -0.140. The molecule has 0 spiro atoms. The minimum atomic E-state index is -0.133. The van der Waals surface area contributed by atoms with Crippen LogP contribution in [0.2, 0.25) is 0 Å². The number of benzene rings is 3. The van der Waals surface area contributed by atoms with Crippen LogP contribution in [-0.4, -0.2) is 10.9 Å². The van der Waals surface area contributed by atoms with Gasteiger partial charge in [-0.2, -0.15) is 0 Å². The van der Waals surface area contributed by atoms with E-state index < -0.39 is 0 Å². The van der Waals surface area contributed by atoms with Crippen molar-refractivity contribution in [3.05, 3.63) is 101 Å². The van der Waals surface area contributed by atoms with E-state index >= 15 is 0 Å². The molecule has 4 bridgehead atoms. The lowest BCUT2D eigenvalue weighted by Gasteiger charge is -2.55. The van der Waals surface area contributed by atoms with Crippen molar-refractivity contribution in [2.75, 3.05) is 5.32 Å². The van der Waals surface area contributed by atoms with Crippen LogP contribution in [0, 0.1) is 23.2 Å². The smallest absolute Gasteiger partial charge is 0.230 e. The molecule has 0 unspecified atom stereocenters. The SMILES string of the molecule is CC(C)(C)c1[nH]c2ccccc2c1[C@@H](c1ccccc1)c1ccc(NC(=O)C23CC4CC(CC(C4)C2)C3)cc1. The molecule has 1 heterocycles. The fourth-order valence-electron chi connectivity index (χ4n) is 8.64. The van der Waals surface area contributed by atoms with E-state index in [4.69, 9.17) is 0 Å². The molecule has 2 N–H and O–H groups in total. The van der Waals surface area contributed by atoms with Crippen LogP contribution in [0.25, 0.3) is 10.9 Å². The fraction of sp³-hybridized carbons (Fsp3) is 0.417. The van der Waals surface area contributed by atoms with E-state index in [2.05, 4.69) is 110 Å². The first-order valence-corrected chi connectivity index (χ1v) is 14.9. The van der Waals surface area contributed by atoms with Gasteiger partial charge in [-0.3, -0.25) is 4.79 Å². The number of fused-ring (bicyclic) bond motifs is 1. The maximum Gasteiger partial charge on any atom is 0.230 e. The van der Waals surface area contributed by atoms with Crippen LogP contribution >= 0.6 is 0 Å². The lowest BCUT2D eigenvalue weighted by atomic mass is 9.49. The second-order valence-electron chi connectivity index (χ2n) is 13.8. The zero-order valence-electron chi connectivity index (χ0n) is 23.5. The van der Waals surface area contributed by atoms with E-state index in [1.807, 2.05) is 0 Å². The molecule has 0 saturated heterocycles. The number of hydrogen-bond donors (Lipinski definition) is 2. The molecule has 3 nitrogen and oxygen atoms in total. The number of amides is 1. The van der Waals surface area contributed by atoms with Crippen molar-refractivity contribution >= 4 is 22.5 Å². The molecule has 39 heavy (non-hydrogen) atoms. The quantitative estimate of drug-likeness (QED) is 0.273. The Hall–Kier alpha value is -3.33. The molecule has 200 valence electrons. The zero-order chi connectivity index (χ0) is 26.8. The Kier molecular flexibility index (Phi) is 5.77. The monoisotopic (exact) mass is 516 g/mol. The third kappa shape index (κ3) is 4.31. The Morgan fingerprint density at radius 2 is 1.36 bits per heavy atom. The van der Waals surface area contributed by atoms with Crippen molar-refractivity contribution in [1.82, 2.24) is 4.98 Å². The third-order valence-corrected chi connectivity index (χ3v) is 9.94. The largest absolute Gasteiger partial charge is 0.358 e. The summed E-state index contributed by atoms with van der Waals surface area (Å²) in [5.41, 5.74) is 7.06. The van der Waals surface area contributed by atoms with E-state index in [1.54, 1.807) is 0 Å². The van der Waals surface area contributed by atoms with Gasteiger partial charge in [0.1, 0.15) is 0 Å². The number of para-hydroxylation sites is 1. The second kappa shape index (κ2) is 9.11. The average Bonchev–Trinajstić information content (AvgIpc) is 3.30. The number of aromatic amines is 1.